The zero-order valence-corrected chi connectivity index (χ0v) is 16.0. The number of aryl methyl sites for hydroxylation is 1. The highest BCUT2D eigenvalue weighted by Gasteiger charge is 2.24. The zero-order chi connectivity index (χ0) is 20.1. The molecule has 0 aromatic carbocycles. The van der Waals surface area contributed by atoms with Crippen molar-refractivity contribution in [3.63, 3.8) is 0 Å². The van der Waals surface area contributed by atoms with E-state index in [0.29, 0.717) is 11.4 Å². The number of carbonyl (C=O) groups excluding carboxylic acids is 2. The maximum atomic E-state index is 12.3. The van der Waals surface area contributed by atoms with E-state index in [2.05, 4.69) is 28.1 Å². The summed E-state index contributed by atoms with van der Waals surface area (Å²) in [6.45, 7) is 5.10. The molecule has 2 aromatic heterocycles. The summed E-state index contributed by atoms with van der Waals surface area (Å²) in [5, 5.41) is 21.8. The number of nitrogens with one attached hydrogen (secondary N) is 1. The molecule has 1 amide bonds. The van der Waals surface area contributed by atoms with Crippen LogP contribution in [0.15, 0.2) is 12.3 Å². The van der Waals surface area contributed by atoms with E-state index in [4.69, 9.17) is 4.74 Å². The lowest BCUT2D eigenvalue weighted by atomic mass is 10.3. The lowest BCUT2D eigenvalue weighted by Crippen LogP contribution is -2.43. The molecule has 0 spiro atoms. The summed E-state index contributed by atoms with van der Waals surface area (Å²) in [5.41, 5.74) is 0.721. The van der Waals surface area contributed by atoms with Crippen LogP contribution in [0.1, 0.15) is 28.8 Å². The van der Waals surface area contributed by atoms with Gasteiger partial charge in [-0.1, -0.05) is 0 Å². The van der Waals surface area contributed by atoms with Crippen LogP contribution in [-0.4, -0.2) is 54.8 Å². The summed E-state index contributed by atoms with van der Waals surface area (Å²) in [4.78, 5) is 34.6. The fraction of sp³-hybridized carbons (Fsp3) is 0.467. The van der Waals surface area contributed by atoms with Gasteiger partial charge in [0.2, 0.25) is 0 Å². The molecule has 0 unspecified atom stereocenters. The van der Waals surface area contributed by atoms with Crippen LogP contribution in [0.25, 0.3) is 0 Å². The number of hydrogen-bond acceptors (Lipinski definition) is 8. The molecule has 1 atom stereocenters. The Kier molecular flexibility index (Phi) is 6.55. The summed E-state index contributed by atoms with van der Waals surface area (Å²) in [6, 6.07) is 0.584. The van der Waals surface area contributed by atoms with Crippen molar-refractivity contribution >= 4 is 30.2 Å². The molecule has 0 fully saturated rings. The number of amides is 1. The van der Waals surface area contributed by atoms with Crippen molar-refractivity contribution in [2.24, 2.45) is 0 Å². The van der Waals surface area contributed by atoms with Crippen molar-refractivity contribution in [2.45, 2.75) is 33.5 Å². The number of thiol groups is 1. The Bertz CT molecular complexity index is 861. The van der Waals surface area contributed by atoms with Crippen molar-refractivity contribution in [3.8, 4) is 0 Å². The average molecular weight is 396 g/mol. The zero-order valence-electron chi connectivity index (χ0n) is 15.1. The van der Waals surface area contributed by atoms with Crippen LogP contribution in [0.4, 0.5) is 5.69 Å². The van der Waals surface area contributed by atoms with Crippen LogP contribution in [0.2, 0.25) is 0 Å². The largest absolute Gasteiger partial charge is 0.464 e. The Labute approximate surface area is 160 Å². The van der Waals surface area contributed by atoms with Crippen LogP contribution in [0.3, 0.4) is 0 Å². The maximum absolute atomic E-state index is 12.3. The Morgan fingerprint density at radius 1 is 1.41 bits per heavy atom. The summed E-state index contributed by atoms with van der Waals surface area (Å²) < 4.78 is 7.71. The molecule has 0 aliphatic carbocycles. The van der Waals surface area contributed by atoms with Gasteiger partial charge in [0.05, 0.1) is 11.5 Å². The highest BCUT2D eigenvalue weighted by atomic mass is 32.1. The van der Waals surface area contributed by atoms with Crippen molar-refractivity contribution in [2.75, 3.05) is 12.4 Å². The lowest BCUT2D eigenvalue weighted by Gasteiger charge is -2.14. The molecule has 2 rings (SSSR count). The van der Waals surface area contributed by atoms with Crippen LogP contribution in [0, 0.1) is 24.0 Å². The molecule has 0 bridgehead atoms. The number of aromatic nitrogens is 4. The molecule has 0 saturated heterocycles. The van der Waals surface area contributed by atoms with Gasteiger partial charge in [-0.25, -0.2) is 9.48 Å². The van der Waals surface area contributed by atoms with Crippen molar-refractivity contribution in [1.29, 1.82) is 0 Å². The fourth-order valence-electron chi connectivity index (χ4n) is 2.44. The SMILES string of the molecule is CCOC(=O)[C@H](CS)NC(=O)c1ccn(Cn2nc(C)c([N+](=O)[O-])c2C)n1. The Hall–Kier alpha value is -2.89. The lowest BCUT2D eigenvalue weighted by molar-refractivity contribution is -0.386. The van der Waals surface area contributed by atoms with Gasteiger partial charge in [-0.3, -0.25) is 19.6 Å². The molecule has 27 heavy (non-hydrogen) atoms. The summed E-state index contributed by atoms with van der Waals surface area (Å²) >= 11 is 4.04. The number of esters is 1. The smallest absolute Gasteiger partial charge is 0.329 e. The molecule has 0 radical (unpaired) electrons. The van der Waals surface area contributed by atoms with Gasteiger partial charge >= 0.3 is 11.7 Å². The van der Waals surface area contributed by atoms with E-state index in [1.54, 1.807) is 20.8 Å². The van der Waals surface area contributed by atoms with E-state index >= 15 is 0 Å². The van der Waals surface area contributed by atoms with Gasteiger partial charge in [-0.2, -0.15) is 22.8 Å². The Morgan fingerprint density at radius 3 is 2.67 bits per heavy atom. The highest BCUT2D eigenvalue weighted by Crippen LogP contribution is 2.21. The standard InChI is InChI=1S/C15H20N6O5S/c1-4-26-15(23)12(7-27)16-14(22)11-5-6-19(18-11)8-20-10(3)13(21(24)25)9(2)17-20/h5-6,12,27H,4,7-8H2,1-3H3,(H,16,22)/t12-/m0/s1. The van der Waals surface area contributed by atoms with E-state index in [0.717, 1.165) is 0 Å². The van der Waals surface area contributed by atoms with Gasteiger partial charge < -0.3 is 10.1 Å². The Morgan fingerprint density at radius 2 is 2.11 bits per heavy atom. The first-order valence-corrected chi connectivity index (χ1v) is 8.71. The number of nitro groups is 1. The van der Waals surface area contributed by atoms with Gasteiger partial charge in [0, 0.05) is 11.9 Å². The predicted molar refractivity (Wildman–Crippen MR) is 97.7 cm³/mol. The first-order valence-electron chi connectivity index (χ1n) is 8.08. The first-order chi connectivity index (χ1) is 12.8. The first kappa shape index (κ1) is 20.4. The second kappa shape index (κ2) is 8.66. The number of carbonyl (C=O) groups is 2. The van der Waals surface area contributed by atoms with E-state index in [1.807, 2.05) is 0 Å². The van der Waals surface area contributed by atoms with E-state index in [9.17, 15) is 19.7 Å². The van der Waals surface area contributed by atoms with Crippen molar-refractivity contribution in [3.05, 3.63) is 39.5 Å². The van der Waals surface area contributed by atoms with Crippen LogP contribution in [0.5, 0.6) is 0 Å². The monoisotopic (exact) mass is 396 g/mol. The summed E-state index contributed by atoms with van der Waals surface area (Å²) in [6.07, 6.45) is 1.54. The van der Waals surface area contributed by atoms with Gasteiger partial charge in [0.1, 0.15) is 29.8 Å². The molecule has 1 N–H and O–H groups in total. The molecule has 12 heteroatoms. The van der Waals surface area contributed by atoms with E-state index in [1.165, 1.54) is 21.6 Å². The maximum Gasteiger partial charge on any atom is 0.329 e. The minimum absolute atomic E-state index is 0.0498. The molecule has 0 aliphatic heterocycles. The molecule has 11 nitrogen and oxygen atoms in total. The quantitative estimate of drug-likeness (QED) is 0.290. The topological polar surface area (TPSA) is 134 Å². The fourth-order valence-corrected chi connectivity index (χ4v) is 2.68. The normalized spacial score (nSPS) is 11.9. The van der Waals surface area contributed by atoms with Gasteiger partial charge in [-0.05, 0) is 26.8 Å². The molecule has 146 valence electrons. The predicted octanol–water partition coefficient (Wildman–Crippen LogP) is 0.702. The molecular weight excluding hydrogens is 376 g/mol. The van der Waals surface area contributed by atoms with E-state index in [-0.39, 0.29) is 30.4 Å². The Balaban J connectivity index is 2.10. The summed E-state index contributed by atoms with van der Waals surface area (Å²) in [7, 11) is 0. The number of ether oxygens (including phenoxy) is 1. The molecule has 0 saturated carbocycles. The van der Waals surface area contributed by atoms with E-state index < -0.39 is 22.8 Å². The molecular formula is C15H20N6O5S. The number of hydrogen-bond donors (Lipinski definition) is 2. The van der Waals surface area contributed by atoms with Gasteiger partial charge in [0.25, 0.3) is 5.91 Å². The molecule has 2 aromatic rings. The average Bonchev–Trinajstić information content (AvgIpc) is 3.17. The van der Waals surface area contributed by atoms with Gasteiger partial charge in [-0.15, -0.1) is 0 Å². The van der Waals surface area contributed by atoms with Crippen LogP contribution in [-0.2, 0) is 16.2 Å². The summed E-state index contributed by atoms with van der Waals surface area (Å²) in [5.74, 6) is -1.05. The minimum atomic E-state index is -0.885. The minimum Gasteiger partial charge on any atom is -0.464 e. The molecule has 2 heterocycles. The molecule has 0 aliphatic rings. The third-order valence-corrected chi connectivity index (χ3v) is 4.10. The third kappa shape index (κ3) is 4.64. The van der Waals surface area contributed by atoms with Crippen LogP contribution < -0.4 is 5.32 Å². The van der Waals surface area contributed by atoms with Gasteiger partial charge in [0.15, 0.2) is 0 Å². The number of rotatable bonds is 8. The van der Waals surface area contributed by atoms with Crippen LogP contribution >= 0.6 is 12.6 Å². The second-order valence-corrected chi connectivity index (χ2v) is 5.98. The highest BCUT2D eigenvalue weighted by molar-refractivity contribution is 7.80. The number of nitrogens with zero attached hydrogens (tertiary/aromatic N) is 5. The van der Waals surface area contributed by atoms with Crippen molar-refractivity contribution < 1.29 is 19.2 Å². The third-order valence-electron chi connectivity index (χ3n) is 3.74. The van der Waals surface area contributed by atoms with Crippen molar-refractivity contribution in [1.82, 2.24) is 24.9 Å². The second-order valence-electron chi connectivity index (χ2n) is 5.62.